The fourth-order valence-corrected chi connectivity index (χ4v) is 2.17. The van der Waals surface area contributed by atoms with E-state index >= 15 is 0 Å². The summed E-state index contributed by atoms with van der Waals surface area (Å²) in [6, 6.07) is 0.761. The Bertz CT molecular complexity index is 227. The van der Waals surface area contributed by atoms with Crippen LogP contribution in [0.2, 0.25) is 0 Å². The number of carbonyl (C=O) groups is 1. The summed E-state index contributed by atoms with van der Waals surface area (Å²) in [7, 11) is 3.81. The molecular weight excluding hydrogens is 178 g/mol. The van der Waals surface area contributed by atoms with Crippen molar-refractivity contribution in [2.24, 2.45) is 0 Å². The Morgan fingerprint density at radius 1 is 1.43 bits per heavy atom. The Kier molecular flexibility index (Phi) is 2.74. The van der Waals surface area contributed by atoms with Gasteiger partial charge in [-0.3, -0.25) is 9.69 Å². The molecule has 0 aromatic carbocycles. The van der Waals surface area contributed by atoms with E-state index in [2.05, 4.69) is 10.2 Å². The van der Waals surface area contributed by atoms with E-state index in [9.17, 15) is 4.79 Å². The van der Waals surface area contributed by atoms with Crippen molar-refractivity contribution < 1.29 is 4.79 Å². The van der Waals surface area contributed by atoms with Gasteiger partial charge in [0.05, 0.1) is 0 Å². The van der Waals surface area contributed by atoms with Crippen molar-refractivity contribution in [3.05, 3.63) is 0 Å². The van der Waals surface area contributed by atoms with Gasteiger partial charge >= 0.3 is 0 Å². The van der Waals surface area contributed by atoms with Crippen molar-refractivity contribution in [3.63, 3.8) is 0 Å². The Morgan fingerprint density at radius 2 is 2.14 bits per heavy atom. The molecular formula is C10H19N3O. The van der Waals surface area contributed by atoms with Crippen LogP contribution in [0.3, 0.4) is 0 Å². The van der Waals surface area contributed by atoms with Gasteiger partial charge in [-0.2, -0.15) is 0 Å². The average Bonchev–Trinajstić information content (AvgIpc) is 2.97. The zero-order valence-electron chi connectivity index (χ0n) is 8.99. The minimum absolute atomic E-state index is 0.0752. The molecule has 14 heavy (non-hydrogen) atoms. The monoisotopic (exact) mass is 197 g/mol. The van der Waals surface area contributed by atoms with E-state index in [0.717, 1.165) is 19.6 Å². The second kappa shape index (κ2) is 3.87. The Hall–Kier alpha value is -0.610. The summed E-state index contributed by atoms with van der Waals surface area (Å²) in [6.45, 7) is 2.70. The van der Waals surface area contributed by atoms with E-state index < -0.39 is 0 Å². The van der Waals surface area contributed by atoms with Crippen LogP contribution < -0.4 is 5.32 Å². The molecule has 1 heterocycles. The zero-order chi connectivity index (χ0) is 10.1. The number of hydrogen-bond donors (Lipinski definition) is 1. The highest BCUT2D eigenvalue weighted by Crippen LogP contribution is 2.30. The summed E-state index contributed by atoms with van der Waals surface area (Å²) in [5, 5.41) is 3.11. The Labute approximate surface area is 85.2 Å². The highest BCUT2D eigenvalue weighted by Gasteiger charge is 2.40. The predicted octanol–water partition coefficient (Wildman–Crippen LogP) is -0.489. The van der Waals surface area contributed by atoms with Crippen LogP contribution in [0.4, 0.5) is 0 Å². The first-order valence-corrected chi connectivity index (χ1v) is 5.39. The van der Waals surface area contributed by atoms with Crippen molar-refractivity contribution in [1.29, 1.82) is 0 Å². The first kappa shape index (κ1) is 9.93. The maximum absolute atomic E-state index is 11.9. The van der Waals surface area contributed by atoms with Gasteiger partial charge < -0.3 is 10.2 Å². The first-order valence-electron chi connectivity index (χ1n) is 5.39. The molecule has 0 aromatic rings. The summed E-state index contributed by atoms with van der Waals surface area (Å²) in [6.07, 6.45) is 2.55. The number of hydrogen-bond acceptors (Lipinski definition) is 3. The molecule has 2 aliphatic rings. The summed E-state index contributed by atoms with van der Waals surface area (Å²) in [5.74, 6) is 0.275. The van der Waals surface area contributed by atoms with E-state index in [4.69, 9.17) is 0 Å². The SMILES string of the molecule is CNCC1C(=O)N(C)CCN1C1CC1. The summed E-state index contributed by atoms with van der Waals surface area (Å²) >= 11 is 0. The molecule has 2 fully saturated rings. The number of amides is 1. The highest BCUT2D eigenvalue weighted by molar-refractivity contribution is 5.82. The Morgan fingerprint density at radius 3 is 2.71 bits per heavy atom. The van der Waals surface area contributed by atoms with Gasteiger partial charge in [0, 0.05) is 32.7 Å². The van der Waals surface area contributed by atoms with Crippen LogP contribution in [0.15, 0.2) is 0 Å². The third kappa shape index (κ3) is 1.77. The fourth-order valence-electron chi connectivity index (χ4n) is 2.17. The molecule has 4 heteroatoms. The first-order chi connectivity index (χ1) is 6.74. The molecule has 1 amide bonds. The lowest BCUT2D eigenvalue weighted by Gasteiger charge is -2.39. The largest absolute Gasteiger partial charge is 0.343 e. The highest BCUT2D eigenvalue weighted by atomic mass is 16.2. The van der Waals surface area contributed by atoms with E-state index in [0.29, 0.717) is 6.04 Å². The van der Waals surface area contributed by atoms with Crippen molar-refractivity contribution in [2.75, 3.05) is 33.7 Å². The maximum Gasteiger partial charge on any atom is 0.241 e. The average molecular weight is 197 g/mol. The van der Waals surface area contributed by atoms with Crippen LogP contribution in [0, 0.1) is 0 Å². The van der Waals surface area contributed by atoms with Gasteiger partial charge in [-0.25, -0.2) is 0 Å². The lowest BCUT2D eigenvalue weighted by Crippen LogP contribution is -2.59. The van der Waals surface area contributed by atoms with E-state index in [1.165, 1.54) is 12.8 Å². The van der Waals surface area contributed by atoms with Gasteiger partial charge in [0.1, 0.15) is 6.04 Å². The maximum atomic E-state index is 11.9. The molecule has 4 nitrogen and oxygen atoms in total. The number of carbonyl (C=O) groups excluding carboxylic acids is 1. The molecule has 1 N–H and O–H groups in total. The number of piperazine rings is 1. The van der Waals surface area contributed by atoms with Crippen LogP contribution >= 0.6 is 0 Å². The normalized spacial score (nSPS) is 29.7. The smallest absolute Gasteiger partial charge is 0.241 e. The van der Waals surface area contributed by atoms with Crippen molar-refractivity contribution in [1.82, 2.24) is 15.1 Å². The number of rotatable bonds is 3. The van der Waals surface area contributed by atoms with Crippen LogP contribution in [0.5, 0.6) is 0 Å². The topological polar surface area (TPSA) is 35.6 Å². The van der Waals surface area contributed by atoms with Crippen molar-refractivity contribution in [3.8, 4) is 0 Å². The fraction of sp³-hybridized carbons (Fsp3) is 0.900. The third-order valence-corrected chi connectivity index (χ3v) is 3.17. The predicted molar refractivity (Wildman–Crippen MR) is 55.1 cm³/mol. The Balaban J connectivity index is 2.04. The molecule has 1 saturated heterocycles. The summed E-state index contributed by atoms with van der Waals surface area (Å²) in [4.78, 5) is 16.1. The number of nitrogens with zero attached hydrogens (tertiary/aromatic N) is 2. The van der Waals surface area contributed by atoms with Gasteiger partial charge in [-0.1, -0.05) is 0 Å². The van der Waals surface area contributed by atoms with Crippen molar-refractivity contribution >= 4 is 5.91 Å². The molecule has 1 unspecified atom stereocenters. The molecule has 0 aromatic heterocycles. The van der Waals surface area contributed by atoms with Crippen LogP contribution in [-0.4, -0.2) is 61.5 Å². The zero-order valence-corrected chi connectivity index (χ0v) is 8.99. The molecule has 0 bridgehead atoms. The van der Waals surface area contributed by atoms with Gasteiger partial charge in [0.2, 0.25) is 5.91 Å². The second-order valence-electron chi connectivity index (χ2n) is 4.30. The third-order valence-electron chi connectivity index (χ3n) is 3.17. The van der Waals surface area contributed by atoms with Crippen LogP contribution in [0.1, 0.15) is 12.8 Å². The van der Waals surface area contributed by atoms with Crippen molar-refractivity contribution in [2.45, 2.75) is 24.9 Å². The molecule has 1 atom stereocenters. The lowest BCUT2D eigenvalue weighted by atomic mass is 10.1. The van der Waals surface area contributed by atoms with Gasteiger partial charge in [0.25, 0.3) is 0 Å². The molecule has 1 saturated carbocycles. The second-order valence-corrected chi connectivity index (χ2v) is 4.30. The standard InChI is InChI=1S/C10H19N3O/c1-11-7-9-10(14)12(2)5-6-13(9)8-3-4-8/h8-9,11H,3-7H2,1-2H3. The molecule has 2 rings (SSSR count). The van der Waals surface area contributed by atoms with Gasteiger partial charge in [0.15, 0.2) is 0 Å². The quantitative estimate of drug-likeness (QED) is 0.663. The van der Waals surface area contributed by atoms with Crippen LogP contribution in [0.25, 0.3) is 0 Å². The van der Waals surface area contributed by atoms with E-state index in [1.54, 1.807) is 0 Å². The molecule has 0 radical (unpaired) electrons. The molecule has 1 aliphatic heterocycles. The summed E-state index contributed by atoms with van der Waals surface area (Å²) < 4.78 is 0. The molecule has 0 spiro atoms. The van der Waals surface area contributed by atoms with E-state index in [1.807, 2.05) is 19.0 Å². The number of nitrogens with one attached hydrogen (secondary N) is 1. The lowest BCUT2D eigenvalue weighted by molar-refractivity contribution is -0.140. The minimum Gasteiger partial charge on any atom is -0.343 e. The summed E-state index contributed by atoms with van der Waals surface area (Å²) in [5.41, 5.74) is 0. The number of likely N-dealkylation sites (N-methyl/N-ethyl adjacent to an activating group) is 2. The van der Waals surface area contributed by atoms with Gasteiger partial charge in [-0.05, 0) is 19.9 Å². The van der Waals surface area contributed by atoms with E-state index in [-0.39, 0.29) is 11.9 Å². The van der Waals surface area contributed by atoms with Crippen LogP contribution in [-0.2, 0) is 4.79 Å². The van der Waals surface area contributed by atoms with Gasteiger partial charge in [-0.15, -0.1) is 0 Å². The molecule has 1 aliphatic carbocycles. The minimum atomic E-state index is 0.0752. The molecule has 80 valence electrons.